The van der Waals surface area contributed by atoms with Gasteiger partial charge in [0.25, 0.3) is 0 Å². The molecule has 0 aromatic heterocycles. The second-order valence-corrected chi connectivity index (χ2v) is 3.60. The average molecular weight is 347 g/mol. The van der Waals surface area contributed by atoms with Crippen molar-refractivity contribution < 1.29 is 4.74 Å². The lowest BCUT2D eigenvalue weighted by molar-refractivity contribution is 0.152. The minimum absolute atomic E-state index is 0. The first-order valence-corrected chi connectivity index (χ1v) is 6.25. The molecule has 0 rings (SSSR count). The molecule has 0 spiro atoms. The summed E-state index contributed by atoms with van der Waals surface area (Å²) in [5, 5.41) is 6.38. The summed E-state index contributed by atoms with van der Waals surface area (Å²) in [6.07, 6.45) is 2.09. The molecule has 4 nitrogen and oxygen atoms in total. The summed E-state index contributed by atoms with van der Waals surface area (Å²) in [5.74, 6) is 1.94. The van der Waals surface area contributed by atoms with E-state index in [2.05, 4.69) is 21.9 Å². The van der Waals surface area contributed by atoms with Gasteiger partial charge in [0, 0.05) is 32.5 Å². The first-order valence-electron chi connectivity index (χ1n) is 4.86. The van der Waals surface area contributed by atoms with Crippen LogP contribution in [0.4, 0.5) is 0 Å². The number of nitrogens with one attached hydrogen (secondary N) is 2. The van der Waals surface area contributed by atoms with Crippen LogP contribution in [0.1, 0.15) is 6.92 Å². The maximum absolute atomic E-state index is 5.20. The molecule has 0 saturated carbocycles. The number of aliphatic imine (C=N–C) groups is 1. The maximum Gasteiger partial charge on any atom is 0.191 e. The Morgan fingerprint density at radius 3 is 2.53 bits per heavy atom. The van der Waals surface area contributed by atoms with Crippen LogP contribution in [-0.4, -0.2) is 51.3 Å². The quantitative estimate of drug-likeness (QED) is 0.314. The second-order valence-electron chi connectivity index (χ2n) is 2.62. The van der Waals surface area contributed by atoms with E-state index in [4.69, 9.17) is 4.74 Å². The summed E-state index contributed by atoms with van der Waals surface area (Å²) >= 11 is 1.82. The van der Waals surface area contributed by atoms with Crippen LogP contribution in [0, 0.1) is 0 Å². The summed E-state index contributed by atoms with van der Waals surface area (Å²) in [6, 6.07) is 0. The smallest absolute Gasteiger partial charge is 0.191 e. The molecule has 0 aliphatic heterocycles. The van der Waals surface area contributed by atoms with Gasteiger partial charge < -0.3 is 15.4 Å². The summed E-state index contributed by atoms with van der Waals surface area (Å²) in [5.41, 5.74) is 0. The molecule has 0 aromatic carbocycles. The van der Waals surface area contributed by atoms with E-state index in [1.54, 1.807) is 7.05 Å². The van der Waals surface area contributed by atoms with E-state index >= 15 is 0 Å². The van der Waals surface area contributed by atoms with Gasteiger partial charge in [-0.1, -0.05) is 0 Å². The van der Waals surface area contributed by atoms with Crippen molar-refractivity contribution >= 4 is 41.7 Å². The SMILES string of the molecule is CCOCCNC(=NC)NCCSC.I. The monoisotopic (exact) mass is 347 g/mol. The van der Waals surface area contributed by atoms with Gasteiger partial charge in [-0.3, -0.25) is 4.99 Å². The Kier molecular flexibility index (Phi) is 16.9. The van der Waals surface area contributed by atoms with E-state index in [9.17, 15) is 0 Å². The zero-order valence-corrected chi connectivity index (χ0v) is 12.9. The van der Waals surface area contributed by atoms with E-state index < -0.39 is 0 Å². The van der Waals surface area contributed by atoms with E-state index in [1.807, 2.05) is 18.7 Å². The van der Waals surface area contributed by atoms with Crippen LogP contribution in [0.15, 0.2) is 4.99 Å². The first-order chi connectivity index (χ1) is 6.85. The molecule has 0 fully saturated rings. The van der Waals surface area contributed by atoms with Crippen LogP contribution in [0.25, 0.3) is 0 Å². The van der Waals surface area contributed by atoms with Crippen LogP contribution in [-0.2, 0) is 4.74 Å². The Labute approximate surface area is 114 Å². The summed E-state index contributed by atoms with van der Waals surface area (Å²) < 4.78 is 5.20. The fourth-order valence-corrected chi connectivity index (χ4v) is 1.18. The molecular formula is C9H22IN3OS. The normalized spacial score (nSPS) is 10.7. The predicted octanol–water partition coefficient (Wildman–Crippen LogP) is 1.17. The standard InChI is InChI=1S/C9H21N3OS.HI/c1-4-13-7-5-11-9(10-2)12-6-8-14-3;/h4-8H2,1-3H3,(H2,10,11,12);1H. The van der Waals surface area contributed by atoms with Gasteiger partial charge in [-0.05, 0) is 13.2 Å². The third-order valence-corrected chi connectivity index (χ3v) is 2.18. The van der Waals surface area contributed by atoms with Gasteiger partial charge in [0.1, 0.15) is 0 Å². The second kappa shape index (κ2) is 14.3. The molecule has 0 aromatic rings. The molecule has 15 heavy (non-hydrogen) atoms. The number of thioether (sulfide) groups is 1. The molecule has 0 aliphatic carbocycles. The van der Waals surface area contributed by atoms with Crippen molar-refractivity contribution in [3.05, 3.63) is 0 Å². The van der Waals surface area contributed by atoms with Gasteiger partial charge >= 0.3 is 0 Å². The summed E-state index contributed by atoms with van der Waals surface area (Å²) in [4.78, 5) is 4.09. The number of ether oxygens (including phenoxy) is 1. The van der Waals surface area contributed by atoms with Crippen molar-refractivity contribution in [2.75, 3.05) is 45.4 Å². The highest BCUT2D eigenvalue weighted by Gasteiger charge is 1.94. The summed E-state index contributed by atoms with van der Waals surface area (Å²) in [6.45, 7) is 5.22. The zero-order chi connectivity index (χ0) is 10.6. The minimum Gasteiger partial charge on any atom is -0.380 e. The van der Waals surface area contributed by atoms with Crippen molar-refractivity contribution in [3.8, 4) is 0 Å². The zero-order valence-electron chi connectivity index (χ0n) is 9.71. The Bertz CT molecular complexity index is 158. The molecule has 0 bridgehead atoms. The molecule has 0 amide bonds. The molecule has 92 valence electrons. The van der Waals surface area contributed by atoms with E-state index in [-0.39, 0.29) is 24.0 Å². The Hall–Kier alpha value is 0.310. The number of halogens is 1. The fraction of sp³-hybridized carbons (Fsp3) is 0.889. The van der Waals surface area contributed by atoms with Crippen molar-refractivity contribution in [1.29, 1.82) is 0 Å². The molecule has 0 saturated heterocycles. The van der Waals surface area contributed by atoms with E-state index in [1.165, 1.54) is 0 Å². The van der Waals surface area contributed by atoms with Crippen LogP contribution < -0.4 is 10.6 Å². The summed E-state index contributed by atoms with van der Waals surface area (Å²) in [7, 11) is 1.77. The Balaban J connectivity index is 0. The van der Waals surface area contributed by atoms with Gasteiger partial charge in [0.2, 0.25) is 0 Å². The number of rotatable bonds is 7. The molecule has 0 aliphatic rings. The number of hydrogen-bond donors (Lipinski definition) is 2. The van der Waals surface area contributed by atoms with Crippen LogP contribution >= 0.6 is 35.7 Å². The lowest BCUT2D eigenvalue weighted by Gasteiger charge is -2.10. The topological polar surface area (TPSA) is 45.6 Å². The van der Waals surface area contributed by atoms with Crippen LogP contribution in [0.2, 0.25) is 0 Å². The predicted molar refractivity (Wildman–Crippen MR) is 79.7 cm³/mol. The van der Waals surface area contributed by atoms with Crippen molar-refractivity contribution in [1.82, 2.24) is 10.6 Å². The highest BCUT2D eigenvalue weighted by molar-refractivity contribution is 14.0. The third kappa shape index (κ3) is 12.2. The molecule has 0 unspecified atom stereocenters. The van der Waals surface area contributed by atoms with Crippen molar-refractivity contribution in [2.24, 2.45) is 4.99 Å². The molecule has 2 N–H and O–H groups in total. The highest BCUT2D eigenvalue weighted by atomic mass is 127. The van der Waals surface area contributed by atoms with Gasteiger partial charge in [-0.25, -0.2) is 0 Å². The molecule has 0 heterocycles. The Morgan fingerprint density at radius 1 is 1.33 bits per heavy atom. The maximum atomic E-state index is 5.20. The minimum atomic E-state index is 0. The first kappa shape index (κ1) is 17.7. The van der Waals surface area contributed by atoms with E-state index in [0.717, 1.165) is 38.0 Å². The van der Waals surface area contributed by atoms with Gasteiger partial charge in [0.15, 0.2) is 5.96 Å². The third-order valence-electron chi connectivity index (χ3n) is 1.57. The lowest BCUT2D eigenvalue weighted by atomic mass is 10.6. The van der Waals surface area contributed by atoms with E-state index in [0.29, 0.717) is 0 Å². The van der Waals surface area contributed by atoms with Crippen molar-refractivity contribution in [3.63, 3.8) is 0 Å². The Morgan fingerprint density at radius 2 is 2.00 bits per heavy atom. The lowest BCUT2D eigenvalue weighted by Crippen LogP contribution is -2.39. The van der Waals surface area contributed by atoms with Gasteiger partial charge in [-0.15, -0.1) is 24.0 Å². The number of hydrogen-bond acceptors (Lipinski definition) is 3. The van der Waals surface area contributed by atoms with Crippen LogP contribution in [0.5, 0.6) is 0 Å². The molecular weight excluding hydrogens is 325 g/mol. The fourth-order valence-electron chi connectivity index (χ4n) is 0.878. The van der Waals surface area contributed by atoms with Gasteiger partial charge in [-0.2, -0.15) is 11.8 Å². The molecule has 0 atom stereocenters. The largest absolute Gasteiger partial charge is 0.380 e. The molecule has 0 radical (unpaired) electrons. The van der Waals surface area contributed by atoms with Crippen molar-refractivity contribution in [2.45, 2.75) is 6.92 Å². The van der Waals surface area contributed by atoms with Gasteiger partial charge in [0.05, 0.1) is 6.61 Å². The molecule has 6 heteroatoms. The van der Waals surface area contributed by atoms with Crippen LogP contribution in [0.3, 0.4) is 0 Å². The number of guanidine groups is 1. The number of nitrogens with zero attached hydrogens (tertiary/aromatic N) is 1. The highest BCUT2D eigenvalue weighted by Crippen LogP contribution is 1.86. The average Bonchev–Trinajstić information content (AvgIpc) is 2.22.